The molecule has 0 spiro atoms. The lowest BCUT2D eigenvalue weighted by Crippen LogP contribution is -2.50. The number of piperidine rings is 1. The Labute approximate surface area is 139 Å². The van der Waals surface area contributed by atoms with Gasteiger partial charge in [-0.05, 0) is 37.5 Å². The molecule has 0 aromatic heterocycles. The van der Waals surface area contributed by atoms with E-state index in [2.05, 4.69) is 6.92 Å². The maximum atomic E-state index is 12.8. The van der Waals surface area contributed by atoms with Gasteiger partial charge in [-0.25, -0.2) is 0 Å². The van der Waals surface area contributed by atoms with Gasteiger partial charge in [0, 0.05) is 13.1 Å². The van der Waals surface area contributed by atoms with Crippen LogP contribution in [0.2, 0.25) is 0 Å². The number of rotatable bonds is 5. The van der Waals surface area contributed by atoms with Crippen molar-refractivity contribution in [1.82, 2.24) is 4.90 Å². The number of nitrogens with zero attached hydrogens (tertiary/aromatic N) is 1. The summed E-state index contributed by atoms with van der Waals surface area (Å²) in [6.07, 6.45) is 5.51. The first kappa shape index (κ1) is 18.2. The van der Waals surface area contributed by atoms with Crippen molar-refractivity contribution >= 4 is 11.9 Å². The predicted octanol–water partition coefficient (Wildman–Crippen LogP) is 2.93. The van der Waals surface area contributed by atoms with E-state index < -0.39 is 18.0 Å². The van der Waals surface area contributed by atoms with Crippen LogP contribution in [0.1, 0.15) is 59.3 Å². The third kappa shape index (κ3) is 4.93. The molecule has 1 amide bonds. The minimum Gasteiger partial charge on any atom is -0.481 e. The molecule has 23 heavy (non-hydrogen) atoms. The molecule has 1 saturated carbocycles. The first-order valence-electron chi connectivity index (χ1n) is 9.07. The number of carbonyl (C=O) groups is 2. The van der Waals surface area contributed by atoms with Crippen molar-refractivity contribution in [2.24, 2.45) is 17.8 Å². The maximum Gasteiger partial charge on any atom is 0.308 e. The van der Waals surface area contributed by atoms with E-state index in [9.17, 15) is 14.7 Å². The normalized spacial score (nSPS) is 33.3. The van der Waals surface area contributed by atoms with E-state index in [1.807, 2.05) is 13.8 Å². The summed E-state index contributed by atoms with van der Waals surface area (Å²) < 4.78 is 6.12. The van der Waals surface area contributed by atoms with E-state index in [0.717, 1.165) is 19.3 Å². The molecule has 0 aromatic carbocycles. The second-order valence-electron chi connectivity index (χ2n) is 7.55. The SMILES string of the molecule is CCC(OC1CCCC(C)C1)C(=O)N1CC(C)CC(C(=O)O)C1. The van der Waals surface area contributed by atoms with Gasteiger partial charge >= 0.3 is 5.97 Å². The summed E-state index contributed by atoms with van der Waals surface area (Å²) in [5, 5.41) is 9.27. The third-order valence-corrected chi connectivity index (χ3v) is 5.21. The second kappa shape index (κ2) is 8.13. The molecule has 1 aliphatic heterocycles. The van der Waals surface area contributed by atoms with Crippen molar-refractivity contribution in [3.63, 3.8) is 0 Å². The van der Waals surface area contributed by atoms with Crippen molar-refractivity contribution in [3.05, 3.63) is 0 Å². The van der Waals surface area contributed by atoms with Gasteiger partial charge in [0.05, 0.1) is 12.0 Å². The molecule has 5 atom stereocenters. The number of carbonyl (C=O) groups excluding carboxylic acids is 1. The molecular formula is C18H31NO4. The fourth-order valence-electron chi connectivity index (χ4n) is 3.98. The molecule has 1 heterocycles. The third-order valence-electron chi connectivity index (χ3n) is 5.21. The summed E-state index contributed by atoms with van der Waals surface area (Å²) >= 11 is 0. The Morgan fingerprint density at radius 1 is 1.17 bits per heavy atom. The zero-order valence-electron chi connectivity index (χ0n) is 14.7. The van der Waals surface area contributed by atoms with Crippen LogP contribution in [0.5, 0.6) is 0 Å². The molecule has 0 radical (unpaired) electrons. The van der Waals surface area contributed by atoms with Crippen LogP contribution in [0, 0.1) is 17.8 Å². The van der Waals surface area contributed by atoms with Crippen LogP contribution < -0.4 is 0 Å². The molecule has 132 valence electrons. The van der Waals surface area contributed by atoms with Gasteiger partial charge in [-0.3, -0.25) is 9.59 Å². The zero-order chi connectivity index (χ0) is 17.0. The number of hydrogen-bond acceptors (Lipinski definition) is 3. The zero-order valence-corrected chi connectivity index (χ0v) is 14.7. The fraction of sp³-hybridized carbons (Fsp3) is 0.889. The molecule has 1 saturated heterocycles. The van der Waals surface area contributed by atoms with Crippen molar-refractivity contribution in [1.29, 1.82) is 0 Å². The Morgan fingerprint density at radius 3 is 2.52 bits per heavy atom. The van der Waals surface area contributed by atoms with Crippen LogP contribution in [0.25, 0.3) is 0 Å². The minimum absolute atomic E-state index is 0.0245. The molecule has 1 N–H and O–H groups in total. The average molecular weight is 325 g/mol. The average Bonchev–Trinajstić information content (AvgIpc) is 2.51. The number of amides is 1. The molecule has 5 nitrogen and oxygen atoms in total. The van der Waals surface area contributed by atoms with E-state index in [0.29, 0.717) is 31.8 Å². The first-order valence-corrected chi connectivity index (χ1v) is 9.07. The lowest BCUT2D eigenvalue weighted by molar-refractivity contribution is -0.156. The lowest BCUT2D eigenvalue weighted by atomic mass is 9.88. The summed E-state index contributed by atoms with van der Waals surface area (Å²) in [7, 11) is 0. The monoisotopic (exact) mass is 325 g/mol. The summed E-state index contributed by atoms with van der Waals surface area (Å²) in [5.74, 6) is -0.392. The standard InChI is InChI=1S/C18H31NO4/c1-4-16(23-15-7-5-6-12(2)9-15)17(20)19-10-13(3)8-14(11-19)18(21)22/h12-16H,4-11H2,1-3H3,(H,21,22). The largest absolute Gasteiger partial charge is 0.481 e. The minimum atomic E-state index is -0.801. The van der Waals surface area contributed by atoms with E-state index in [1.54, 1.807) is 4.90 Å². The highest BCUT2D eigenvalue weighted by Crippen LogP contribution is 2.28. The number of aliphatic carboxylic acids is 1. The van der Waals surface area contributed by atoms with Crippen molar-refractivity contribution in [2.45, 2.75) is 71.5 Å². The number of ether oxygens (including phenoxy) is 1. The van der Waals surface area contributed by atoms with Crippen LogP contribution in [0.4, 0.5) is 0 Å². The summed E-state index contributed by atoms with van der Waals surface area (Å²) in [4.78, 5) is 25.8. The number of carboxylic acids is 1. The Kier molecular flexibility index (Phi) is 6.45. The molecule has 5 unspecified atom stereocenters. The lowest BCUT2D eigenvalue weighted by Gasteiger charge is -2.37. The van der Waals surface area contributed by atoms with E-state index in [1.165, 1.54) is 6.42 Å². The molecular weight excluding hydrogens is 294 g/mol. The first-order chi connectivity index (χ1) is 10.9. The van der Waals surface area contributed by atoms with E-state index >= 15 is 0 Å². The van der Waals surface area contributed by atoms with Gasteiger partial charge in [0.1, 0.15) is 6.10 Å². The van der Waals surface area contributed by atoms with Gasteiger partial charge in [0.15, 0.2) is 0 Å². The van der Waals surface area contributed by atoms with Crippen molar-refractivity contribution in [3.8, 4) is 0 Å². The molecule has 2 aliphatic rings. The van der Waals surface area contributed by atoms with Crippen LogP contribution in [0.15, 0.2) is 0 Å². The van der Waals surface area contributed by atoms with Crippen LogP contribution >= 0.6 is 0 Å². The molecule has 0 aromatic rings. The topological polar surface area (TPSA) is 66.8 Å². The number of hydrogen-bond donors (Lipinski definition) is 1. The van der Waals surface area contributed by atoms with Gasteiger partial charge in [-0.2, -0.15) is 0 Å². The van der Waals surface area contributed by atoms with Gasteiger partial charge in [-0.1, -0.05) is 33.6 Å². The van der Waals surface area contributed by atoms with Crippen LogP contribution in [-0.4, -0.2) is 47.2 Å². The highest BCUT2D eigenvalue weighted by Gasteiger charge is 2.35. The molecule has 2 rings (SSSR count). The maximum absolute atomic E-state index is 12.8. The van der Waals surface area contributed by atoms with Gasteiger partial charge in [-0.15, -0.1) is 0 Å². The molecule has 1 aliphatic carbocycles. The Balaban J connectivity index is 1.96. The van der Waals surface area contributed by atoms with Crippen molar-refractivity contribution < 1.29 is 19.4 Å². The summed E-state index contributed by atoms with van der Waals surface area (Å²) in [5.41, 5.74) is 0. The Morgan fingerprint density at radius 2 is 1.91 bits per heavy atom. The van der Waals surface area contributed by atoms with E-state index in [4.69, 9.17) is 4.74 Å². The predicted molar refractivity (Wildman–Crippen MR) is 88.1 cm³/mol. The van der Waals surface area contributed by atoms with E-state index in [-0.39, 0.29) is 17.9 Å². The Hall–Kier alpha value is -1.10. The Bertz CT molecular complexity index is 425. The highest BCUT2D eigenvalue weighted by molar-refractivity contribution is 5.82. The molecule has 0 bridgehead atoms. The number of carboxylic acid groups (broad SMARTS) is 1. The summed E-state index contributed by atoms with van der Waals surface area (Å²) in [6.45, 7) is 7.18. The quantitative estimate of drug-likeness (QED) is 0.844. The molecule has 2 fully saturated rings. The number of likely N-dealkylation sites (tertiary alicyclic amines) is 1. The summed E-state index contributed by atoms with van der Waals surface area (Å²) in [6, 6.07) is 0. The van der Waals surface area contributed by atoms with Crippen LogP contribution in [0.3, 0.4) is 0 Å². The van der Waals surface area contributed by atoms with Gasteiger partial charge < -0.3 is 14.7 Å². The van der Waals surface area contributed by atoms with Crippen LogP contribution in [-0.2, 0) is 14.3 Å². The smallest absolute Gasteiger partial charge is 0.308 e. The fourth-order valence-corrected chi connectivity index (χ4v) is 3.98. The van der Waals surface area contributed by atoms with Gasteiger partial charge in [0.25, 0.3) is 5.91 Å². The highest BCUT2D eigenvalue weighted by atomic mass is 16.5. The van der Waals surface area contributed by atoms with Crippen molar-refractivity contribution in [2.75, 3.05) is 13.1 Å². The molecule has 5 heteroatoms. The second-order valence-corrected chi connectivity index (χ2v) is 7.55. The van der Waals surface area contributed by atoms with Gasteiger partial charge in [0.2, 0.25) is 0 Å².